The molecule has 152 valence electrons. The number of aromatic nitrogens is 1. The zero-order chi connectivity index (χ0) is 21.1. The van der Waals surface area contributed by atoms with Crippen molar-refractivity contribution in [2.24, 2.45) is 0 Å². The van der Waals surface area contributed by atoms with Crippen molar-refractivity contribution in [3.63, 3.8) is 0 Å². The zero-order valence-electron chi connectivity index (χ0n) is 16.5. The van der Waals surface area contributed by atoms with Gasteiger partial charge in [0.25, 0.3) is 5.91 Å². The molecule has 0 fully saturated rings. The Hall–Kier alpha value is -3.19. The highest BCUT2D eigenvalue weighted by Gasteiger charge is 2.28. The average Bonchev–Trinajstić information content (AvgIpc) is 2.77. The van der Waals surface area contributed by atoms with E-state index in [2.05, 4.69) is 26.2 Å². The van der Waals surface area contributed by atoms with Crippen molar-refractivity contribution >= 4 is 33.6 Å². The van der Waals surface area contributed by atoms with Crippen molar-refractivity contribution in [1.82, 2.24) is 15.2 Å². The van der Waals surface area contributed by atoms with E-state index in [0.717, 1.165) is 26.9 Å². The highest BCUT2D eigenvalue weighted by Crippen LogP contribution is 2.29. The molecule has 0 radical (unpaired) electrons. The summed E-state index contributed by atoms with van der Waals surface area (Å²) in [5.41, 5.74) is 4.40. The maximum Gasteiger partial charge on any atom is 0.324 e. The quantitative estimate of drug-likeness (QED) is 0.610. The minimum atomic E-state index is -0.145. The topological polar surface area (TPSA) is 65.5 Å². The Balaban J connectivity index is 1.50. The molecule has 0 aliphatic carbocycles. The first-order valence-corrected chi connectivity index (χ1v) is 10.4. The zero-order valence-corrected chi connectivity index (χ0v) is 18.1. The fourth-order valence-electron chi connectivity index (χ4n) is 3.49. The number of nitrogens with zero attached hydrogens (tertiary/aromatic N) is 3. The third-order valence-electron chi connectivity index (χ3n) is 5.11. The Morgan fingerprint density at radius 2 is 1.80 bits per heavy atom. The van der Waals surface area contributed by atoms with Gasteiger partial charge >= 0.3 is 6.03 Å². The summed E-state index contributed by atoms with van der Waals surface area (Å²) < 4.78 is 1.00. The van der Waals surface area contributed by atoms with E-state index >= 15 is 0 Å². The van der Waals surface area contributed by atoms with Crippen molar-refractivity contribution in [1.29, 1.82) is 0 Å². The lowest BCUT2D eigenvalue weighted by Crippen LogP contribution is -2.44. The number of hydrogen-bond donors (Lipinski definition) is 1. The van der Waals surface area contributed by atoms with Crippen LogP contribution in [0.5, 0.6) is 0 Å². The molecule has 0 bridgehead atoms. The number of carbonyl (C=O) groups is 2. The minimum Gasteiger partial charge on any atom is -0.348 e. The summed E-state index contributed by atoms with van der Waals surface area (Å²) in [4.78, 5) is 32.8. The average molecular weight is 465 g/mol. The molecule has 3 amide bonds. The lowest BCUT2D eigenvalue weighted by molar-refractivity contribution is 0.0950. The van der Waals surface area contributed by atoms with Crippen molar-refractivity contribution in [2.75, 3.05) is 11.9 Å². The van der Waals surface area contributed by atoms with Gasteiger partial charge < -0.3 is 10.2 Å². The fraction of sp³-hybridized carbons (Fsp3) is 0.174. The van der Waals surface area contributed by atoms with Gasteiger partial charge in [0.05, 0.1) is 5.69 Å². The van der Waals surface area contributed by atoms with Crippen LogP contribution in [0.3, 0.4) is 0 Å². The second kappa shape index (κ2) is 8.67. The van der Waals surface area contributed by atoms with Crippen LogP contribution in [0.4, 0.5) is 10.5 Å². The van der Waals surface area contributed by atoms with Crippen LogP contribution in [0.15, 0.2) is 71.5 Å². The van der Waals surface area contributed by atoms with E-state index in [1.54, 1.807) is 35.3 Å². The molecule has 0 atom stereocenters. The molecular formula is C23H21BrN4O2. The van der Waals surface area contributed by atoms with Gasteiger partial charge in [0.15, 0.2) is 0 Å². The number of pyridine rings is 1. The molecule has 4 rings (SSSR count). The van der Waals surface area contributed by atoms with Gasteiger partial charge in [0.1, 0.15) is 0 Å². The van der Waals surface area contributed by atoms with Gasteiger partial charge in [-0.3, -0.25) is 14.7 Å². The summed E-state index contributed by atoms with van der Waals surface area (Å²) in [6.07, 6.45) is 3.40. The van der Waals surface area contributed by atoms with Crippen LogP contribution in [-0.2, 0) is 19.6 Å². The Morgan fingerprint density at radius 1 is 1.07 bits per heavy atom. The van der Waals surface area contributed by atoms with Crippen LogP contribution in [0.25, 0.3) is 0 Å². The van der Waals surface area contributed by atoms with Crippen molar-refractivity contribution in [3.8, 4) is 0 Å². The number of hydrogen-bond acceptors (Lipinski definition) is 3. The van der Waals surface area contributed by atoms with E-state index in [9.17, 15) is 9.59 Å². The van der Waals surface area contributed by atoms with Crippen LogP contribution >= 0.6 is 15.9 Å². The molecule has 2 heterocycles. The van der Waals surface area contributed by atoms with E-state index in [1.807, 2.05) is 48.5 Å². The van der Waals surface area contributed by atoms with Gasteiger partial charge in [-0.2, -0.15) is 0 Å². The number of halogens is 1. The summed E-state index contributed by atoms with van der Waals surface area (Å²) in [6, 6.07) is 17.1. The van der Waals surface area contributed by atoms with Gasteiger partial charge in [0.2, 0.25) is 0 Å². The summed E-state index contributed by atoms with van der Waals surface area (Å²) in [5.74, 6) is -0.145. The highest BCUT2D eigenvalue weighted by molar-refractivity contribution is 9.10. The minimum absolute atomic E-state index is 0.0553. The fourth-order valence-corrected chi connectivity index (χ4v) is 3.75. The van der Waals surface area contributed by atoms with Crippen LogP contribution in [0.2, 0.25) is 0 Å². The maximum absolute atomic E-state index is 12.8. The van der Waals surface area contributed by atoms with Gasteiger partial charge in [0, 0.05) is 49.1 Å². The second-order valence-corrected chi connectivity index (χ2v) is 8.12. The molecule has 1 aliphatic rings. The van der Waals surface area contributed by atoms with E-state index < -0.39 is 0 Å². The monoisotopic (exact) mass is 464 g/mol. The molecule has 0 unspecified atom stereocenters. The standard InChI is InChI=1S/C23H21BrN4O2/c1-27-21-7-4-18(22(29)26-13-16-8-10-25-11-9-16)12-19(21)15-28(23(27)30)14-17-2-5-20(24)6-3-17/h2-12H,13-15H2,1H3,(H,26,29). The first-order valence-electron chi connectivity index (χ1n) is 9.58. The van der Waals surface area contributed by atoms with Crippen LogP contribution in [-0.4, -0.2) is 28.9 Å². The number of carbonyl (C=O) groups excluding carboxylic acids is 2. The van der Waals surface area contributed by atoms with E-state index in [-0.39, 0.29) is 11.9 Å². The molecule has 0 saturated heterocycles. The summed E-state index contributed by atoms with van der Waals surface area (Å²) in [7, 11) is 1.76. The third kappa shape index (κ3) is 4.36. The molecule has 2 aromatic carbocycles. The molecule has 1 aromatic heterocycles. The number of fused-ring (bicyclic) bond motifs is 1. The van der Waals surface area contributed by atoms with Crippen molar-refractivity contribution < 1.29 is 9.59 Å². The largest absolute Gasteiger partial charge is 0.348 e. The molecular weight excluding hydrogens is 444 g/mol. The Bertz CT molecular complexity index is 1070. The van der Waals surface area contributed by atoms with Gasteiger partial charge in [-0.25, -0.2) is 4.79 Å². The lowest BCUT2D eigenvalue weighted by atomic mass is 10.0. The number of anilines is 1. The summed E-state index contributed by atoms with van der Waals surface area (Å²) in [6.45, 7) is 1.40. The molecule has 6 nitrogen and oxygen atoms in total. The van der Waals surface area contributed by atoms with Crippen LogP contribution < -0.4 is 10.2 Å². The Morgan fingerprint density at radius 3 is 2.53 bits per heavy atom. The predicted molar refractivity (Wildman–Crippen MR) is 119 cm³/mol. The van der Waals surface area contributed by atoms with E-state index in [1.165, 1.54) is 0 Å². The van der Waals surface area contributed by atoms with Crippen LogP contribution in [0.1, 0.15) is 27.0 Å². The number of amides is 3. The smallest absolute Gasteiger partial charge is 0.324 e. The number of benzene rings is 2. The number of urea groups is 1. The molecule has 1 aliphatic heterocycles. The lowest BCUT2D eigenvalue weighted by Gasteiger charge is -2.35. The Labute approximate surface area is 183 Å². The normalized spacial score (nSPS) is 13.2. The molecule has 30 heavy (non-hydrogen) atoms. The summed E-state index contributed by atoms with van der Waals surface area (Å²) >= 11 is 3.43. The highest BCUT2D eigenvalue weighted by atomic mass is 79.9. The van der Waals surface area contributed by atoms with Gasteiger partial charge in [-0.1, -0.05) is 28.1 Å². The first-order chi connectivity index (χ1) is 14.5. The number of rotatable bonds is 5. The molecule has 3 aromatic rings. The second-order valence-electron chi connectivity index (χ2n) is 7.21. The van der Waals surface area contributed by atoms with Gasteiger partial charge in [-0.05, 0) is 59.2 Å². The summed E-state index contributed by atoms with van der Waals surface area (Å²) in [5, 5.41) is 2.93. The molecule has 7 heteroatoms. The third-order valence-corrected chi connectivity index (χ3v) is 5.64. The number of nitrogens with one attached hydrogen (secondary N) is 1. The Kier molecular flexibility index (Phi) is 5.81. The van der Waals surface area contributed by atoms with E-state index in [4.69, 9.17) is 0 Å². The molecule has 1 N–H and O–H groups in total. The molecule has 0 spiro atoms. The van der Waals surface area contributed by atoms with Gasteiger partial charge in [-0.15, -0.1) is 0 Å². The first kappa shape index (κ1) is 20.1. The SMILES string of the molecule is CN1C(=O)N(Cc2ccc(Br)cc2)Cc2cc(C(=O)NCc3ccncc3)ccc21. The maximum atomic E-state index is 12.8. The van der Waals surface area contributed by atoms with Crippen molar-refractivity contribution in [2.45, 2.75) is 19.6 Å². The molecule has 0 saturated carbocycles. The predicted octanol–water partition coefficient (Wildman–Crippen LogP) is 4.35. The van der Waals surface area contributed by atoms with Crippen LogP contribution in [0, 0.1) is 0 Å². The van der Waals surface area contributed by atoms with Crippen molar-refractivity contribution in [3.05, 3.63) is 93.7 Å². The van der Waals surface area contributed by atoms with E-state index in [0.29, 0.717) is 25.2 Å².